The fraction of sp³-hybridized carbons (Fsp3) is 0.364. The number of ether oxygens (including phenoxy) is 2. The third-order valence-electron chi connectivity index (χ3n) is 4.70. The number of aromatic nitrogens is 2. The van der Waals surface area contributed by atoms with E-state index in [0.717, 1.165) is 12.8 Å². The lowest BCUT2D eigenvalue weighted by atomic mass is 10.2. The second-order valence-corrected chi connectivity index (χ2v) is 7.76. The number of carbonyl (C=O) groups excluding carboxylic acids is 2. The van der Waals surface area contributed by atoms with Crippen LogP contribution in [0.1, 0.15) is 50.0 Å². The van der Waals surface area contributed by atoms with E-state index in [9.17, 15) is 14.4 Å². The zero-order valence-corrected chi connectivity index (χ0v) is 18.5. The highest BCUT2D eigenvalue weighted by Crippen LogP contribution is 2.23. The lowest BCUT2D eigenvalue weighted by molar-refractivity contribution is -0.118. The van der Waals surface area contributed by atoms with Gasteiger partial charge in [-0.3, -0.25) is 14.2 Å². The average Bonchev–Trinajstić information content (AvgIpc) is 3.20. The van der Waals surface area contributed by atoms with Crippen LogP contribution in [0.5, 0.6) is 5.75 Å². The van der Waals surface area contributed by atoms with Crippen molar-refractivity contribution < 1.29 is 19.1 Å². The molecule has 0 saturated heterocycles. The van der Waals surface area contributed by atoms with Gasteiger partial charge in [-0.1, -0.05) is 13.3 Å². The fourth-order valence-electron chi connectivity index (χ4n) is 2.93. The molecule has 164 valence electrons. The number of anilines is 1. The number of carbonyl (C=O) groups is 2. The Balaban J connectivity index is 1.81. The van der Waals surface area contributed by atoms with Gasteiger partial charge in [-0.25, -0.2) is 9.78 Å². The Hall–Kier alpha value is -3.20. The van der Waals surface area contributed by atoms with Gasteiger partial charge in [-0.05, 0) is 44.5 Å². The minimum absolute atomic E-state index is 0.176. The number of amides is 1. The average molecular weight is 444 g/mol. The first kappa shape index (κ1) is 22.5. The van der Waals surface area contributed by atoms with Gasteiger partial charge in [-0.2, -0.15) is 0 Å². The molecule has 0 aliphatic rings. The number of hydrogen-bond acceptors (Lipinski definition) is 7. The third-order valence-corrected chi connectivity index (χ3v) is 5.59. The number of nitrogens with zero attached hydrogens (tertiary/aromatic N) is 2. The van der Waals surface area contributed by atoms with Crippen molar-refractivity contribution in [2.75, 3.05) is 18.5 Å². The molecule has 1 aromatic carbocycles. The molecule has 31 heavy (non-hydrogen) atoms. The summed E-state index contributed by atoms with van der Waals surface area (Å²) in [6, 6.07) is 6.13. The molecule has 2 heterocycles. The van der Waals surface area contributed by atoms with Gasteiger partial charge in [0.15, 0.2) is 0 Å². The number of unbranched alkanes of at least 4 members (excludes halogenated alkanes) is 1. The minimum Gasteiger partial charge on any atom is -0.494 e. The van der Waals surface area contributed by atoms with E-state index < -0.39 is 17.6 Å². The quantitative estimate of drug-likeness (QED) is 0.396. The maximum Gasteiger partial charge on any atom is 0.339 e. The van der Waals surface area contributed by atoms with Crippen molar-refractivity contribution >= 4 is 39.1 Å². The molecule has 1 N–H and O–H groups in total. The highest BCUT2D eigenvalue weighted by Gasteiger charge is 2.22. The summed E-state index contributed by atoms with van der Waals surface area (Å²) in [5.41, 5.74) is 0.309. The van der Waals surface area contributed by atoms with Gasteiger partial charge in [-0.15, -0.1) is 11.3 Å². The SMILES string of the molecule is CCCCOC(=O)c1csc2ncn(C(C)C(=O)Nc3ccc(OCC)cc3)c(=O)c12. The Morgan fingerprint density at radius 3 is 2.65 bits per heavy atom. The van der Waals surface area contributed by atoms with Gasteiger partial charge in [0.2, 0.25) is 5.91 Å². The third kappa shape index (κ3) is 5.11. The van der Waals surface area contributed by atoms with Crippen LogP contribution in [0.3, 0.4) is 0 Å². The molecule has 9 heteroatoms. The van der Waals surface area contributed by atoms with E-state index in [2.05, 4.69) is 10.3 Å². The number of rotatable bonds is 9. The van der Waals surface area contributed by atoms with Crippen molar-refractivity contribution in [3.05, 3.63) is 51.9 Å². The van der Waals surface area contributed by atoms with Gasteiger partial charge in [0.05, 0.1) is 30.5 Å². The van der Waals surface area contributed by atoms with E-state index >= 15 is 0 Å². The van der Waals surface area contributed by atoms with Gasteiger partial charge >= 0.3 is 5.97 Å². The normalized spacial score (nSPS) is 11.8. The first-order valence-corrected chi connectivity index (χ1v) is 11.0. The maximum atomic E-state index is 13.1. The highest BCUT2D eigenvalue weighted by molar-refractivity contribution is 7.17. The fourth-order valence-corrected chi connectivity index (χ4v) is 3.80. The van der Waals surface area contributed by atoms with E-state index in [1.807, 2.05) is 13.8 Å². The maximum absolute atomic E-state index is 13.1. The minimum atomic E-state index is -0.833. The van der Waals surface area contributed by atoms with E-state index in [1.165, 1.54) is 22.2 Å². The zero-order chi connectivity index (χ0) is 22.4. The van der Waals surface area contributed by atoms with Gasteiger partial charge in [0, 0.05) is 11.1 Å². The monoisotopic (exact) mass is 443 g/mol. The summed E-state index contributed by atoms with van der Waals surface area (Å²) in [4.78, 5) is 42.9. The van der Waals surface area contributed by atoms with Crippen molar-refractivity contribution in [2.24, 2.45) is 0 Å². The Morgan fingerprint density at radius 2 is 1.97 bits per heavy atom. The largest absolute Gasteiger partial charge is 0.494 e. The second-order valence-electron chi connectivity index (χ2n) is 6.90. The van der Waals surface area contributed by atoms with Crippen molar-refractivity contribution in [1.29, 1.82) is 0 Å². The van der Waals surface area contributed by atoms with Crippen LogP contribution in [0.15, 0.2) is 40.8 Å². The first-order chi connectivity index (χ1) is 15.0. The number of thiophene rings is 1. The molecule has 2 aromatic heterocycles. The Morgan fingerprint density at radius 1 is 1.23 bits per heavy atom. The van der Waals surface area contributed by atoms with Crippen LogP contribution in [-0.2, 0) is 9.53 Å². The molecule has 0 saturated carbocycles. The molecule has 3 rings (SSSR count). The summed E-state index contributed by atoms with van der Waals surface area (Å²) in [5.74, 6) is -0.229. The smallest absolute Gasteiger partial charge is 0.339 e. The van der Waals surface area contributed by atoms with E-state index in [-0.39, 0.29) is 16.9 Å². The highest BCUT2D eigenvalue weighted by atomic mass is 32.1. The summed E-state index contributed by atoms with van der Waals surface area (Å²) < 4.78 is 11.9. The molecule has 0 spiro atoms. The van der Waals surface area contributed by atoms with Crippen molar-refractivity contribution in [1.82, 2.24) is 9.55 Å². The number of nitrogens with one attached hydrogen (secondary N) is 1. The molecule has 1 unspecified atom stereocenters. The number of benzene rings is 1. The summed E-state index contributed by atoms with van der Waals surface area (Å²) in [6.07, 6.45) is 2.97. The lowest BCUT2D eigenvalue weighted by Crippen LogP contribution is -2.32. The van der Waals surface area contributed by atoms with Crippen LogP contribution in [0.4, 0.5) is 5.69 Å². The lowest BCUT2D eigenvalue weighted by Gasteiger charge is -2.15. The molecule has 0 radical (unpaired) electrons. The zero-order valence-electron chi connectivity index (χ0n) is 17.7. The summed E-state index contributed by atoms with van der Waals surface area (Å²) in [5, 5.41) is 4.53. The predicted octanol–water partition coefficient (Wildman–Crippen LogP) is 4.01. The molecule has 0 aliphatic heterocycles. The van der Waals surface area contributed by atoms with Crippen LogP contribution in [0.2, 0.25) is 0 Å². The first-order valence-electron chi connectivity index (χ1n) is 10.1. The predicted molar refractivity (Wildman–Crippen MR) is 120 cm³/mol. The summed E-state index contributed by atoms with van der Waals surface area (Å²) >= 11 is 1.19. The summed E-state index contributed by atoms with van der Waals surface area (Å²) in [6.45, 7) is 6.34. The van der Waals surface area contributed by atoms with E-state index in [0.29, 0.717) is 29.5 Å². The topological polar surface area (TPSA) is 99.5 Å². The van der Waals surface area contributed by atoms with Crippen LogP contribution in [0.25, 0.3) is 10.2 Å². The number of fused-ring (bicyclic) bond motifs is 1. The van der Waals surface area contributed by atoms with E-state index in [4.69, 9.17) is 9.47 Å². The van der Waals surface area contributed by atoms with E-state index in [1.54, 1.807) is 36.6 Å². The van der Waals surface area contributed by atoms with Crippen LogP contribution in [0, 0.1) is 0 Å². The number of esters is 1. The molecule has 0 aliphatic carbocycles. The number of hydrogen-bond donors (Lipinski definition) is 1. The molecule has 3 aromatic rings. The van der Waals surface area contributed by atoms with Crippen LogP contribution >= 0.6 is 11.3 Å². The standard InChI is InChI=1S/C22H25N3O5S/c1-4-6-11-30-22(28)17-12-31-20-18(17)21(27)25(13-23-20)14(3)19(26)24-15-7-9-16(10-8-15)29-5-2/h7-10,12-14H,4-6,11H2,1-3H3,(H,24,26). The second kappa shape index (κ2) is 10.2. The molecule has 0 fully saturated rings. The molecular formula is C22H25N3O5S. The molecule has 1 amide bonds. The summed E-state index contributed by atoms with van der Waals surface area (Å²) in [7, 11) is 0. The van der Waals surface area contributed by atoms with Gasteiger partial charge < -0.3 is 14.8 Å². The Labute approximate surface area is 183 Å². The molecular weight excluding hydrogens is 418 g/mol. The molecule has 1 atom stereocenters. The van der Waals surface area contributed by atoms with Crippen molar-refractivity contribution in [2.45, 2.75) is 39.7 Å². The molecule has 0 bridgehead atoms. The Bertz CT molecular complexity index is 1120. The van der Waals surface area contributed by atoms with Gasteiger partial charge in [0.1, 0.15) is 16.6 Å². The Kier molecular flexibility index (Phi) is 7.41. The van der Waals surface area contributed by atoms with Crippen LogP contribution < -0.4 is 15.6 Å². The van der Waals surface area contributed by atoms with Crippen molar-refractivity contribution in [3.8, 4) is 5.75 Å². The van der Waals surface area contributed by atoms with Crippen molar-refractivity contribution in [3.63, 3.8) is 0 Å². The van der Waals surface area contributed by atoms with Gasteiger partial charge in [0.25, 0.3) is 5.56 Å². The molecule has 8 nitrogen and oxygen atoms in total. The van der Waals surface area contributed by atoms with Crippen LogP contribution in [-0.4, -0.2) is 34.6 Å².